The van der Waals surface area contributed by atoms with Crippen molar-refractivity contribution >= 4 is 23.7 Å². The van der Waals surface area contributed by atoms with Crippen molar-refractivity contribution in [3.63, 3.8) is 0 Å². The van der Waals surface area contributed by atoms with Crippen molar-refractivity contribution in [2.75, 3.05) is 26.9 Å². The molecule has 4 rings (SSSR count). The van der Waals surface area contributed by atoms with Gasteiger partial charge in [0.15, 0.2) is 0 Å². The predicted octanol–water partition coefficient (Wildman–Crippen LogP) is 4.74. The molecule has 11 heteroatoms. The van der Waals surface area contributed by atoms with Gasteiger partial charge in [-0.2, -0.15) is 0 Å². The highest BCUT2D eigenvalue weighted by Gasteiger charge is 2.76. The summed E-state index contributed by atoms with van der Waals surface area (Å²) in [6.45, 7) is 19.9. The molecule has 8 atom stereocenters. The van der Waals surface area contributed by atoms with Crippen LogP contribution in [-0.2, 0) is 33.4 Å². The fourth-order valence-electron chi connectivity index (χ4n) is 8.88. The number of likely N-dealkylation sites (tertiary alicyclic amines) is 1. The van der Waals surface area contributed by atoms with Crippen LogP contribution in [0.2, 0.25) is 0 Å². The van der Waals surface area contributed by atoms with E-state index in [0.717, 1.165) is 0 Å². The first-order valence-electron chi connectivity index (χ1n) is 18.3. The number of rotatable bonds is 18. The first-order chi connectivity index (χ1) is 24.1. The summed E-state index contributed by atoms with van der Waals surface area (Å²) in [6, 6.07) is 6.67. The summed E-state index contributed by atoms with van der Waals surface area (Å²) in [5, 5.41) is 13.5. The van der Waals surface area contributed by atoms with Crippen LogP contribution in [0.5, 0.6) is 0 Å². The van der Waals surface area contributed by atoms with E-state index in [9.17, 15) is 19.5 Å². The SMILES string of the molecule is C=CCCC(=O)N[C@H](COC)[C@H](OC(=O)[C@@H]1[C@@H]2CC[C@]3(O2)[C@H](C(=O)N(CC=C)C(C)(C)CC(C)(C)C)N([C@@H](CC)CO)C(=O)[C@@H]13)c1ccccc1. The lowest BCUT2D eigenvalue weighted by atomic mass is 9.70. The van der Waals surface area contributed by atoms with Gasteiger partial charge in [-0.1, -0.05) is 70.2 Å². The molecule has 3 fully saturated rings. The molecule has 3 aliphatic heterocycles. The molecular formula is C40H59N3O8. The number of aliphatic hydroxyl groups excluding tert-OH is 1. The van der Waals surface area contributed by atoms with E-state index in [-0.39, 0.29) is 43.4 Å². The number of allylic oxidation sites excluding steroid dienone is 1. The zero-order valence-corrected chi connectivity index (χ0v) is 31.6. The van der Waals surface area contributed by atoms with Crippen LogP contribution in [0.15, 0.2) is 55.6 Å². The highest BCUT2D eigenvalue weighted by Crippen LogP contribution is 2.59. The Hall–Kier alpha value is -3.54. The number of carbonyl (C=O) groups is 4. The normalized spacial score (nSPS) is 25.9. The monoisotopic (exact) mass is 709 g/mol. The Morgan fingerprint density at radius 3 is 2.41 bits per heavy atom. The van der Waals surface area contributed by atoms with Crippen LogP contribution in [0.4, 0.5) is 0 Å². The highest BCUT2D eigenvalue weighted by molar-refractivity contribution is 5.98. The number of hydrogen-bond acceptors (Lipinski definition) is 8. The zero-order valence-electron chi connectivity index (χ0n) is 31.6. The van der Waals surface area contributed by atoms with Gasteiger partial charge in [0.25, 0.3) is 0 Å². The number of aliphatic hydroxyl groups is 1. The van der Waals surface area contributed by atoms with E-state index in [2.05, 4.69) is 39.2 Å². The van der Waals surface area contributed by atoms with Crippen LogP contribution < -0.4 is 5.32 Å². The second kappa shape index (κ2) is 16.4. The third-order valence-electron chi connectivity index (χ3n) is 10.6. The summed E-state index contributed by atoms with van der Waals surface area (Å²) in [6.07, 6.45) is 4.40. The van der Waals surface area contributed by atoms with Crippen LogP contribution in [0, 0.1) is 17.3 Å². The molecule has 0 radical (unpaired) electrons. The van der Waals surface area contributed by atoms with Crippen molar-refractivity contribution in [1.29, 1.82) is 0 Å². The number of esters is 1. The van der Waals surface area contributed by atoms with Crippen LogP contribution in [0.1, 0.15) is 91.7 Å². The summed E-state index contributed by atoms with van der Waals surface area (Å²) >= 11 is 0. The second-order valence-corrected chi connectivity index (χ2v) is 16.1. The number of methoxy groups -OCH3 is 1. The Balaban J connectivity index is 1.75. The van der Waals surface area contributed by atoms with Crippen LogP contribution in [0.25, 0.3) is 0 Å². The lowest BCUT2D eigenvalue weighted by molar-refractivity contribution is -0.164. The Kier molecular flexibility index (Phi) is 13.0. The van der Waals surface area contributed by atoms with Gasteiger partial charge in [0.05, 0.1) is 43.2 Å². The van der Waals surface area contributed by atoms with Crippen LogP contribution in [0.3, 0.4) is 0 Å². The van der Waals surface area contributed by atoms with Crippen molar-refractivity contribution in [1.82, 2.24) is 15.1 Å². The fraction of sp³-hybridized carbons (Fsp3) is 0.650. The Bertz CT molecular complexity index is 1420. The third-order valence-corrected chi connectivity index (χ3v) is 10.6. The molecule has 282 valence electrons. The molecule has 1 aromatic rings. The standard InChI is InChI=1S/C40H59N3O8/c1-10-13-19-30(45)41-28(24-49-9)33(26-17-15-14-16-18-26)50-37(48)31-29-20-21-40(51-29)32(31)35(46)43(27(12-3)23-44)34(40)36(47)42(22-11-2)39(7,8)25-38(4,5)6/h10-11,14-18,27-29,31-34,44H,1-2,12-13,19-25H2,3-9H3,(H,41,45)/t27-,28+,29-,31+,32+,33+,34-,40+/m0/s1. The first kappa shape index (κ1) is 40.2. The van der Waals surface area contributed by atoms with E-state index in [1.807, 2.05) is 51.1 Å². The highest BCUT2D eigenvalue weighted by atomic mass is 16.6. The summed E-state index contributed by atoms with van der Waals surface area (Å²) in [5.74, 6) is -3.55. The van der Waals surface area contributed by atoms with Crippen molar-refractivity contribution in [2.45, 2.75) is 122 Å². The Morgan fingerprint density at radius 1 is 1.16 bits per heavy atom. The second-order valence-electron chi connectivity index (χ2n) is 16.1. The number of ether oxygens (including phenoxy) is 3. The molecule has 0 aromatic heterocycles. The minimum atomic E-state index is -1.28. The minimum Gasteiger partial charge on any atom is -0.455 e. The van der Waals surface area contributed by atoms with Gasteiger partial charge in [-0.15, -0.1) is 13.2 Å². The third kappa shape index (κ3) is 8.26. The molecule has 3 amide bonds. The summed E-state index contributed by atoms with van der Waals surface area (Å²) in [7, 11) is 1.51. The summed E-state index contributed by atoms with van der Waals surface area (Å²) in [5.41, 5.74) is -1.35. The predicted molar refractivity (Wildman–Crippen MR) is 194 cm³/mol. The molecule has 3 aliphatic rings. The topological polar surface area (TPSA) is 135 Å². The maximum absolute atomic E-state index is 15.0. The molecule has 2 N–H and O–H groups in total. The Morgan fingerprint density at radius 2 is 1.84 bits per heavy atom. The number of nitrogens with zero attached hydrogens (tertiary/aromatic N) is 2. The lowest BCUT2D eigenvalue weighted by Crippen LogP contribution is -2.62. The zero-order chi connectivity index (χ0) is 37.7. The number of carbonyl (C=O) groups excluding carboxylic acids is 4. The van der Waals surface area contributed by atoms with Crippen molar-refractivity contribution < 1.29 is 38.5 Å². The first-order valence-corrected chi connectivity index (χ1v) is 18.3. The quantitative estimate of drug-likeness (QED) is 0.165. The van der Waals surface area contributed by atoms with Crippen LogP contribution in [-0.4, -0.2) is 101 Å². The molecule has 1 aromatic carbocycles. The van der Waals surface area contributed by atoms with Gasteiger partial charge in [-0.05, 0) is 56.9 Å². The maximum Gasteiger partial charge on any atom is 0.313 e. The van der Waals surface area contributed by atoms with E-state index in [0.29, 0.717) is 37.7 Å². The van der Waals surface area contributed by atoms with Crippen molar-refractivity contribution in [2.24, 2.45) is 17.3 Å². The van der Waals surface area contributed by atoms with Gasteiger partial charge in [-0.3, -0.25) is 19.2 Å². The van der Waals surface area contributed by atoms with Gasteiger partial charge in [-0.25, -0.2) is 0 Å². The van der Waals surface area contributed by atoms with E-state index in [1.165, 1.54) is 12.0 Å². The van der Waals surface area contributed by atoms with Crippen molar-refractivity contribution in [3.8, 4) is 0 Å². The number of nitrogens with one attached hydrogen (secondary N) is 1. The molecule has 2 bridgehead atoms. The minimum absolute atomic E-state index is 0.0616. The van der Waals surface area contributed by atoms with Gasteiger partial charge < -0.3 is 34.4 Å². The van der Waals surface area contributed by atoms with Gasteiger partial charge in [0, 0.05) is 25.6 Å². The largest absolute Gasteiger partial charge is 0.455 e. The molecule has 3 saturated heterocycles. The average Bonchev–Trinajstić information content (AvgIpc) is 3.72. The number of amides is 3. The van der Waals surface area contributed by atoms with E-state index in [1.54, 1.807) is 17.1 Å². The molecule has 3 heterocycles. The molecule has 1 spiro atoms. The summed E-state index contributed by atoms with van der Waals surface area (Å²) in [4.78, 5) is 60.4. The molecule has 51 heavy (non-hydrogen) atoms. The number of hydrogen-bond donors (Lipinski definition) is 2. The van der Waals surface area contributed by atoms with E-state index in [4.69, 9.17) is 14.2 Å². The molecule has 0 aliphatic carbocycles. The number of benzene rings is 1. The molecule has 0 saturated carbocycles. The average molecular weight is 710 g/mol. The van der Waals surface area contributed by atoms with Crippen LogP contribution >= 0.6 is 0 Å². The lowest BCUT2D eigenvalue weighted by Gasteiger charge is -2.46. The van der Waals surface area contributed by atoms with Gasteiger partial charge >= 0.3 is 5.97 Å². The molecule has 0 unspecified atom stereocenters. The maximum atomic E-state index is 15.0. The number of fused-ring (bicyclic) bond motifs is 1. The van der Waals surface area contributed by atoms with Crippen molar-refractivity contribution in [3.05, 3.63) is 61.2 Å². The van der Waals surface area contributed by atoms with E-state index < -0.39 is 65.2 Å². The smallest absolute Gasteiger partial charge is 0.313 e. The Labute approximate surface area is 303 Å². The fourth-order valence-corrected chi connectivity index (χ4v) is 8.88. The summed E-state index contributed by atoms with van der Waals surface area (Å²) < 4.78 is 18.5. The molecule has 11 nitrogen and oxygen atoms in total. The van der Waals surface area contributed by atoms with Gasteiger partial charge in [0.2, 0.25) is 17.7 Å². The van der Waals surface area contributed by atoms with Gasteiger partial charge in [0.1, 0.15) is 17.7 Å². The molecular weight excluding hydrogens is 650 g/mol. The van der Waals surface area contributed by atoms with E-state index >= 15 is 4.79 Å².